The van der Waals surface area contributed by atoms with Crippen molar-refractivity contribution in [1.29, 1.82) is 0 Å². The average Bonchev–Trinajstić information content (AvgIpc) is 2.78. The topological polar surface area (TPSA) is 55.8 Å². The monoisotopic (exact) mass is 465 g/mol. The first-order valence-corrected chi connectivity index (χ1v) is 10.4. The first kappa shape index (κ1) is 20.2. The third kappa shape index (κ3) is 4.24. The smallest absolute Gasteiger partial charge is 0.254 e. The minimum Gasteiger partial charge on any atom is -0.486 e. The van der Waals surface area contributed by atoms with Crippen LogP contribution in [0.15, 0.2) is 77.3 Å². The number of hydrogen-bond donors (Lipinski definition) is 0. The van der Waals surface area contributed by atoms with Crippen molar-refractivity contribution in [2.75, 3.05) is 20.2 Å². The van der Waals surface area contributed by atoms with E-state index in [-0.39, 0.29) is 17.8 Å². The second kappa shape index (κ2) is 8.71. The van der Waals surface area contributed by atoms with Crippen molar-refractivity contribution in [3.05, 3.63) is 94.0 Å². The van der Waals surface area contributed by atoms with Crippen LogP contribution in [0.3, 0.4) is 0 Å². The standard InChI is InChI=1S/C24H20BrNO4/c1-26(14-18-15-29-21-8-4-5-9-22(21)30-18)24(28)20-7-3-2-6-19(20)23(27)16-10-12-17(25)13-11-16/h2-13,18H,14-15H2,1H3. The molecule has 1 heterocycles. The fourth-order valence-electron chi connectivity index (χ4n) is 3.37. The summed E-state index contributed by atoms with van der Waals surface area (Å²) in [6.07, 6.45) is -0.289. The average molecular weight is 466 g/mol. The van der Waals surface area contributed by atoms with Gasteiger partial charge in [-0.1, -0.05) is 46.3 Å². The molecule has 0 aromatic heterocycles. The molecule has 4 rings (SSSR count). The summed E-state index contributed by atoms with van der Waals surface area (Å²) in [4.78, 5) is 27.7. The van der Waals surface area contributed by atoms with Crippen LogP contribution >= 0.6 is 15.9 Å². The molecule has 0 aliphatic carbocycles. The number of rotatable bonds is 5. The molecule has 1 unspecified atom stereocenters. The summed E-state index contributed by atoms with van der Waals surface area (Å²) in [7, 11) is 1.70. The van der Waals surface area contributed by atoms with Gasteiger partial charge in [-0.2, -0.15) is 0 Å². The zero-order chi connectivity index (χ0) is 21.1. The number of fused-ring (bicyclic) bond motifs is 1. The van der Waals surface area contributed by atoms with E-state index in [0.29, 0.717) is 41.3 Å². The number of carbonyl (C=O) groups excluding carboxylic acids is 2. The van der Waals surface area contributed by atoms with E-state index in [1.165, 1.54) is 0 Å². The van der Waals surface area contributed by atoms with Gasteiger partial charge in [0.15, 0.2) is 23.4 Å². The fraction of sp³-hybridized carbons (Fsp3) is 0.167. The quantitative estimate of drug-likeness (QED) is 0.517. The normalized spacial score (nSPS) is 14.8. The molecule has 6 heteroatoms. The predicted octanol–water partition coefficient (Wildman–Crippen LogP) is 4.59. The van der Waals surface area contributed by atoms with Crippen molar-refractivity contribution < 1.29 is 19.1 Å². The zero-order valence-electron chi connectivity index (χ0n) is 16.4. The summed E-state index contributed by atoms with van der Waals surface area (Å²) in [6, 6.07) is 21.4. The van der Waals surface area contributed by atoms with Crippen LogP contribution in [0.25, 0.3) is 0 Å². The maximum atomic E-state index is 13.1. The Morgan fingerprint density at radius 1 is 0.933 bits per heavy atom. The molecular formula is C24H20BrNO4. The van der Waals surface area contributed by atoms with Gasteiger partial charge >= 0.3 is 0 Å². The van der Waals surface area contributed by atoms with E-state index < -0.39 is 0 Å². The number of halogens is 1. The van der Waals surface area contributed by atoms with Crippen LogP contribution < -0.4 is 9.47 Å². The van der Waals surface area contributed by atoms with Crippen molar-refractivity contribution in [2.45, 2.75) is 6.10 Å². The SMILES string of the molecule is CN(CC1COc2ccccc2O1)C(=O)c1ccccc1C(=O)c1ccc(Br)cc1. The Kier molecular flexibility index (Phi) is 5.86. The lowest BCUT2D eigenvalue weighted by Crippen LogP contribution is -2.42. The number of hydrogen-bond acceptors (Lipinski definition) is 4. The van der Waals surface area contributed by atoms with E-state index >= 15 is 0 Å². The summed E-state index contributed by atoms with van der Waals surface area (Å²) < 4.78 is 12.6. The fourth-order valence-corrected chi connectivity index (χ4v) is 3.64. The van der Waals surface area contributed by atoms with Crippen molar-refractivity contribution in [1.82, 2.24) is 4.90 Å². The van der Waals surface area contributed by atoms with Crippen LogP contribution in [-0.4, -0.2) is 42.9 Å². The van der Waals surface area contributed by atoms with Crippen LogP contribution in [0.5, 0.6) is 11.5 Å². The van der Waals surface area contributed by atoms with Gasteiger partial charge in [0.25, 0.3) is 5.91 Å². The number of benzene rings is 3. The van der Waals surface area contributed by atoms with Crippen molar-refractivity contribution >= 4 is 27.6 Å². The van der Waals surface area contributed by atoms with Crippen LogP contribution in [-0.2, 0) is 0 Å². The van der Waals surface area contributed by atoms with Gasteiger partial charge in [-0.05, 0) is 42.5 Å². The largest absolute Gasteiger partial charge is 0.486 e. The van der Waals surface area contributed by atoms with E-state index in [2.05, 4.69) is 15.9 Å². The Hall–Kier alpha value is -3.12. The van der Waals surface area contributed by atoms with Crippen LogP contribution in [0.2, 0.25) is 0 Å². The van der Waals surface area contributed by atoms with E-state index in [1.54, 1.807) is 48.3 Å². The molecule has 1 atom stereocenters. The Morgan fingerprint density at radius 2 is 1.57 bits per heavy atom. The van der Waals surface area contributed by atoms with Gasteiger partial charge in [0.05, 0.1) is 12.1 Å². The maximum absolute atomic E-state index is 13.1. The van der Waals surface area contributed by atoms with E-state index in [0.717, 1.165) is 4.47 Å². The Balaban J connectivity index is 1.51. The highest BCUT2D eigenvalue weighted by Gasteiger charge is 2.26. The van der Waals surface area contributed by atoms with Crippen molar-refractivity contribution in [3.8, 4) is 11.5 Å². The van der Waals surface area contributed by atoms with E-state index in [9.17, 15) is 9.59 Å². The molecule has 0 saturated carbocycles. The number of amides is 1. The molecule has 152 valence electrons. The number of carbonyl (C=O) groups is 2. The lowest BCUT2D eigenvalue weighted by atomic mass is 9.97. The van der Waals surface area contributed by atoms with Crippen molar-refractivity contribution in [3.63, 3.8) is 0 Å². The van der Waals surface area contributed by atoms with E-state index in [4.69, 9.17) is 9.47 Å². The van der Waals surface area contributed by atoms with Gasteiger partial charge in [0, 0.05) is 22.6 Å². The molecule has 1 amide bonds. The molecule has 0 bridgehead atoms. The first-order valence-electron chi connectivity index (χ1n) is 9.56. The molecule has 0 saturated heterocycles. The van der Waals surface area contributed by atoms with Gasteiger partial charge in [-0.15, -0.1) is 0 Å². The van der Waals surface area contributed by atoms with Gasteiger partial charge in [-0.3, -0.25) is 9.59 Å². The number of nitrogens with zero attached hydrogens (tertiary/aromatic N) is 1. The minimum absolute atomic E-state index is 0.189. The second-order valence-corrected chi connectivity index (χ2v) is 7.98. The molecule has 0 N–H and O–H groups in total. The molecule has 1 aliphatic heterocycles. The van der Waals surface area contributed by atoms with Gasteiger partial charge in [-0.25, -0.2) is 0 Å². The van der Waals surface area contributed by atoms with Crippen LogP contribution in [0.1, 0.15) is 26.3 Å². The van der Waals surface area contributed by atoms with Gasteiger partial charge < -0.3 is 14.4 Å². The summed E-state index contributed by atoms with van der Waals surface area (Å²) in [5.74, 6) is 0.943. The highest BCUT2D eigenvalue weighted by atomic mass is 79.9. The lowest BCUT2D eigenvalue weighted by Gasteiger charge is -2.29. The third-order valence-corrected chi connectivity index (χ3v) is 5.43. The molecule has 30 heavy (non-hydrogen) atoms. The Bertz CT molecular complexity index is 1080. The van der Waals surface area contributed by atoms with Crippen molar-refractivity contribution in [2.24, 2.45) is 0 Å². The third-order valence-electron chi connectivity index (χ3n) is 4.90. The Morgan fingerprint density at radius 3 is 2.30 bits per heavy atom. The highest BCUT2D eigenvalue weighted by Crippen LogP contribution is 2.31. The molecule has 0 fully saturated rings. The zero-order valence-corrected chi connectivity index (χ0v) is 18.0. The number of likely N-dealkylation sites (N-methyl/N-ethyl adjacent to an activating group) is 1. The second-order valence-electron chi connectivity index (χ2n) is 7.06. The number of ketones is 1. The molecule has 5 nitrogen and oxygen atoms in total. The molecule has 0 spiro atoms. The predicted molar refractivity (Wildman–Crippen MR) is 117 cm³/mol. The minimum atomic E-state index is -0.289. The summed E-state index contributed by atoms with van der Waals surface area (Å²) in [5.41, 5.74) is 1.27. The number of para-hydroxylation sites is 2. The van der Waals surface area contributed by atoms with Crippen LogP contribution in [0, 0.1) is 0 Å². The number of ether oxygens (including phenoxy) is 2. The first-order chi connectivity index (χ1) is 14.5. The maximum Gasteiger partial charge on any atom is 0.254 e. The van der Waals surface area contributed by atoms with E-state index in [1.807, 2.05) is 36.4 Å². The van der Waals surface area contributed by atoms with Gasteiger partial charge in [0.2, 0.25) is 0 Å². The molecule has 3 aromatic carbocycles. The lowest BCUT2D eigenvalue weighted by molar-refractivity contribution is 0.0519. The Labute approximate surface area is 183 Å². The van der Waals surface area contributed by atoms with Gasteiger partial charge in [0.1, 0.15) is 6.61 Å². The molecule has 1 aliphatic rings. The summed E-state index contributed by atoms with van der Waals surface area (Å²) in [6.45, 7) is 0.697. The molecule has 3 aromatic rings. The molecule has 0 radical (unpaired) electrons. The summed E-state index contributed by atoms with van der Waals surface area (Å²) in [5, 5.41) is 0. The molecular weight excluding hydrogens is 446 g/mol. The summed E-state index contributed by atoms with van der Waals surface area (Å²) >= 11 is 3.37. The highest BCUT2D eigenvalue weighted by molar-refractivity contribution is 9.10. The van der Waals surface area contributed by atoms with Crippen LogP contribution in [0.4, 0.5) is 0 Å².